The maximum atomic E-state index is 12.0. The van der Waals surface area contributed by atoms with Crippen molar-refractivity contribution in [2.24, 2.45) is 0 Å². The number of rotatable bonds is 4. The Kier molecular flexibility index (Phi) is 5.37. The van der Waals surface area contributed by atoms with Crippen LogP contribution in [0.5, 0.6) is 0 Å². The summed E-state index contributed by atoms with van der Waals surface area (Å²) in [6.07, 6.45) is -0.340. The molecule has 1 aromatic rings. The van der Waals surface area contributed by atoms with Gasteiger partial charge in [0.2, 0.25) is 0 Å². The third kappa shape index (κ3) is 4.92. The van der Waals surface area contributed by atoms with Gasteiger partial charge in [-0.2, -0.15) is 0 Å². The Hall–Kier alpha value is -1.12. The quantitative estimate of drug-likeness (QED) is 0.805. The summed E-state index contributed by atoms with van der Waals surface area (Å²) in [5.74, 6) is -1.03. The Morgan fingerprint density at radius 3 is 2.74 bits per heavy atom. The number of hydrogen-bond donors (Lipinski definition) is 2. The molecule has 1 unspecified atom stereocenters. The Labute approximate surface area is 147 Å². The van der Waals surface area contributed by atoms with Crippen molar-refractivity contribution in [3.8, 4) is 0 Å². The van der Waals surface area contributed by atoms with E-state index in [2.05, 4.69) is 21.2 Å². The van der Waals surface area contributed by atoms with E-state index in [1.807, 2.05) is 16.3 Å². The van der Waals surface area contributed by atoms with Crippen LogP contribution in [0, 0.1) is 0 Å². The van der Waals surface area contributed by atoms with Gasteiger partial charge in [-0.3, -0.25) is 4.90 Å². The number of carboxylic acids is 1. The lowest BCUT2D eigenvalue weighted by Crippen LogP contribution is -2.57. The van der Waals surface area contributed by atoms with Crippen molar-refractivity contribution in [1.82, 2.24) is 10.2 Å². The molecule has 2 N–H and O–H groups in total. The number of alkyl carbamates (subject to hydrolysis) is 1. The molecule has 1 atom stereocenters. The minimum atomic E-state index is -1.30. The molecule has 0 aromatic carbocycles. The van der Waals surface area contributed by atoms with Crippen molar-refractivity contribution >= 4 is 39.3 Å². The molecule has 1 aliphatic rings. The van der Waals surface area contributed by atoms with E-state index in [4.69, 9.17) is 4.74 Å². The number of nitrogens with zero attached hydrogens (tertiary/aromatic N) is 1. The number of ether oxygens (including phenoxy) is 1. The van der Waals surface area contributed by atoms with Crippen molar-refractivity contribution in [2.75, 3.05) is 13.1 Å². The third-order valence-electron chi connectivity index (χ3n) is 3.53. The van der Waals surface area contributed by atoms with Crippen LogP contribution in [-0.4, -0.2) is 46.3 Å². The number of amides is 1. The van der Waals surface area contributed by atoms with Gasteiger partial charge in [0.15, 0.2) is 5.54 Å². The number of nitrogens with one attached hydrogen (secondary N) is 1. The summed E-state index contributed by atoms with van der Waals surface area (Å²) in [5, 5.41) is 14.2. The van der Waals surface area contributed by atoms with E-state index in [-0.39, 0.29) is 6.54 Å². The van der Waals surface area contributed by atoms with Crippen molar-refractivity contribution in [1.29, 1.82) is 0 Å². The number of carbonyl (C=O) groups excluding carboxylic acids is 1. The molecular formula is C15H21BrN2O4S. The Morgan fingerprint density at radius 1 is 1.52 bits per heavy atom. The van der Waals surface area contributed by atoms with Gasteiger partial charge in [0.1, 0.15) is 5.60 Å². The lowest BCUT2D eigenvalue weighted by atomic mass is 9.99. The zero-order valence-electron chi connectivity index (χ0n) is 13.4. The van der Waals surface area contributed by atoms with Crippen molar-refractivity contribution in [2.45, 2.75) is 44.9 Å². The first-order valence-electron chi connectivity index (χ1n) is 7.29. The van der Waals surface area contributed by atoms with Gasteiger partial charge >= 0.3 is 12.1 Å². The fourth-order valence-corrected chi connectivity index (χ4v) is 3.74. The van der Waals surface area contributed by atoms with Gasteiger partial charge < -0.3 is 15.2 Å². The average molecular weight is 405 g/mol. The van der Waals surface area contributed by atoms with Crippen LogP contribution >= 0.6 is 27.3 Å². The summed E-state index contributed by atoms with van der Waals surface area (Å²) < 4.78 is 6.24. The number of hydrogen-bond acceptors (Lipinski definition) is 5. The van der Waals surface area contributed by atoms with Gasteiger partial charge in [0.25, 0.3) is 0 Å². The summed E-state index contributed by atoms with van der Waals surface area (Å²) in [4.78, 5) is 25.7. The zero-order valence-corrected chi connectivity index (χ0v) is 15.8. The van der Waals surface area contributed by atoms with Crippen LogP contribution in [0.3, 0.4) is 0 Å². The number of aliphatic carboxylic acids is 1. The molecule has 0 radical (unpaired) electrons. The van der Waals surface area contributed by atoms with Gasteiger partial charge in [-0.15, -0.1) is 11.3 Å². The summed E-state index contributed by atoms with van der Waals surface area (Å²) in [6.45, 7) is 6.76. The summed E-state index contributed by atoms with van der Waals surface area (Å²) in [6, 6.07) is 2.02. The monoisotopic (exact) mass is 404 g/mol. The fraction of sp³-hybridized carbons (Fsp3) is 0.600. The van der Waals surface area contributed by atoms with Gasteiger partial charge in [0.05, 0.1) is 3.79 Å². The number of carboxylic acid groups (broad SMARTS) is 1. The molecule has 1 saturated heterocycles. The summed E-state index contributed by atoms with van der Waals surface area (Å²) in [5.41, 5.74) is -0.832. The lowest BCUT2D eigenvalue weighted by Gasteiger charge is -2.28. The van der Waals surface area contributed by atoms with E-state index >= 15 is 0 Å². The molecule has 0 aliphatic carbocycles. The van der Waals surface area contributed by atoms with Crippen LogP contribution in [0.15, 0.2) is 15.2 Å². The predicted molar refractivity (Wildman–Crippen MR) is 91.6 cm³/mol. The lowest BCUT2D eigenvalue weighted by molar-refractivity contribution is -0.144. The van der Waals surface area contributed by atoms with Gasteiger partial charge in [-0.05, 0) is 60.1 Å². The zero-order chi connectivity index (χ0) is 17.3. The normalized spacial score (nSPS) is 22.1. The minimum Gasteiger partial charge on any atom is -0.479 e. The van der Waals surface area contributed by atoms with E-state index in [0.29, 0.717) is 19.5 Å². The van der Waals surface area contributed by atoms with Gasteiger partial charge in [0, 0.05) is 19.6 Å². The average Bonchev–Trinajstić information content (AvgIpc) is 2.95. The molecule has 8 heteroatoms. The van der Waals surface area contributed by atoms with Crippen LogP contribution in [0.4, 0.5) is 4.79 Å². The number of carbonyl (C=O) groups is 2. The second-order valence-corrected chi connectivity index (χ2v) is 9.02. The van der Waals surface area contributed by atoms with Crippen LogP contribution in [0.2, 0.25) is 0 Å². The van der Waals surface area contributed by atoms with Crippen molar-refractivity contribution in [3.63, 3.8) is 0 Å². The molecule has 23 heavy (non-hydrogen) atoms. The number of thiophene rings is 1. The maximum Gasteiger partial charge on any atom is 0.408 e. The highest BCUT2D eigenvalue weighted by molar-refractivity contribution is 9.11. The molecule has 1 aliphatic heterocycles. The van der Waals surface area contributed by atoms with E-state index in [1.54, 1.807) is 32.1 Å². The second-order valence-electron chi connectivity index (χ2n) is 6.73. The second kappa shape index (κ2) is 6.78. The molecule has 0 saturated carbocycles. The molecule has 128 valence electrons. The Bertz CT molecular complexity index is 599. The summed E-state index contributed by atoms with van der Waals surface area (Å²) >= 11 is 5.02. The topological polar surface area (TPSA) is 78.9 Å². The van der Waals surface area contributed by atoms with Crippen molar-refractivity contribution < 1.29 is 19.4 Å². The number of likely N-dealkylation sites (tertiary alicyclic amines) is 1. The minimum absolute atomic E-state index is 0.259. The number of halogens is 1. The predicted octanol–water partition coefficient (Wildman–Crippen LogP) is 3.06. The summed E-state index contributed by atoms with van der Waals surface area (Å²) in [7, 11) is 0. The van der Waals surface area contributed by atoms with Crippen LogP contribution in [-0.2, 0) is 16.1 Å². The first-order valence-corrected chi connectivity index (χ1v) is 8.97. The standard InChI is InChI=1S/C15H21BrN2O4S/c1-14(2,3)22-13(21)17-15(12(19)20)4-5-18(9-15)7-10-6-11(16)23-8-10/h6,8H,4-5,7,9H2,1-3H3,(H,17,21)(H,19,20). The van der Waals surface area contributed by atoms with Crippen LogP contribution < -0.4 is 5.32 Å². The fourth-order valence-electron chi connectivity index (χ4n) is 2.54. The molecule has 1 fully saturated rings. The highest BCUT2D eigenvalue weighted by atomic mass is 79.9. The smallest absolute Gasteiger partial charge is 0.408 e. The van der Waals surface area contributed by atoms with Crippen LogP contribution in [0.1, 0.15) is 32.8 Å². The van der Waals surface area contributed by atoms with Gasteiger partial charge in [-0.1, -0.05) is 0 Å². The molecule has 2 heterocycles. The molecule has 1 aromatic heterocycles. The van der Waals surface area contributed by atoms with E-state index in [0.717, 1.165) is 9.35 Å². The van der Waals surface area contributed by atoms with E-state index in [1.165, 1.54) is 0 Å². The Balaban J connectivity index is 2.02. The first-order chi connectivity index (χ1) is 10.6. The maximum absolute atomic E-state index is 12.0. The molecular weight excluding hydrogens is 384 g/mol. The SMILES string of the molecule is CC(C)(C)OC(=O)NC1(C(=O)O)CCN(Cc2csc(Br)c2)C1. The third-order valence-corrected chi connectivity index (χ3v) is 5.08. The van der Waals surface area contributed by atoms with Crippen molar-refractivity contribution in [3.05, 3.63) is 20.8 Å². The van der Waals surface area contributed by atoms with Crippen LogP contribution in [0.25, 0.3) is 0 Å². The highest BCUT2D eigenvalue weighted by Gasteiger charge is 2.46. The Morgan fingerprint density at radius 2 is 2.22 bits per heavy atom. The molecule has 6 nitrogen and oxygen atoms in total. The molecule has 2 rings (SSSR count). The molecule has 0 bridgehead atoms. The molecule has 0 spiro atoms. The highest BCUT2D eigenvalue weighted by Crippen LogP contribution is 2.27. The van der Waals surface area contributed by atoms with E-state index in [9.17, 15) is 14.7 Å². The van der Waals surface area contributed by atoms with Gasteiger partial charge in [-0.25, -0.2) is 9.59 Å². The van der Waals surface area contributed by atoms with E-state index < -0.39 is 23.2 Å². The molecule has 1 amide bonds. The largest absolute Gasteiger partial charge is 0.479 e. The first kappa shape index (κ1) is 18.2.